The summed E-state index contributed by atoms with van der Waals surface area (Å²) in [5.74, 6) is 0.809. The Labute approximate surface area is 213 Å². The van der Waals surface area contributed by atoms with Crippen molar-refractivity contribution in [3.8, 4) is 5.88 Å². The third kappa shape index (κ3) is 5.69. The average Bonchev–Trinajstić information content (AvgIpc) is 3.50. The lowest BCUT2D eigenvalue weighted by Gasteiger charge is -2.22. The molecule has 3 heterocycles. The maximum absolute atomic E-state index is 11.5. The lowest BCUT2D eigenvalue weighted by Crippen LogP contribution is -2.25. The van der Waals surface area contributed by atoms with Crippen LogP contribution < -0.4 is 21.8 Å². The van der Waals surface area contributed by atoms with Gasteiger partial charge < -0.3 is 15.4 Å². The fraction of sp³-hybridized carbons (Fsp3) is 0.296. The Morgan fingerprint density at radius 1 is 1.27 bits per heavy atom. The minimum Gasteiger partial charge on any atom is -0.493 e. The number of aromatic nitrogens is 6. The monoisotopic (exact) mass is 498 g/mol. The fourth-order valence-corrected chi connectivity index (χ4v) is 4.11. The van der Waals surface area contributed by atoms with Crippen molar-refractivity contribution in [3.05, 3.63) is 93.5 Å². The number of imidazole rings is 1. The molecule has 0 radical (unpaired) electrons. The van der Waals surface area contributed by atoms with Crippen LogP contribution in [0.25, 0.3) is 11.7 Å². The van der Waals surface area contributed by atoms with Crippen LogP contribution in [-0.4, -0.2) is 47.2 Å². The minimum atomic E-state index is -0.498. The second-order valence-electron chi connectivity index (χ2n) is 9.45. The molecule has 3 aromatic rings. The van der Waals surface area contributed by atoms with Gasteiger partial charge >= 0.3 is 5.69 Å². The SMILES string of the molecule is C=C(C)C=CC(=CCNc1nc(=NC2CC2)n2ncc(=Cc3[nH]c(=O)[nH]c3O)c2n1)C1C=CC=CC1C. The summed E-state index contributed by atoms with van der Waals surface area (Å²) in [7, 11) is 0. The Balaban J connectivity index is 1.49. The van der Waals surface area contributed by atoms with E-state index in [1.807, 2.05) is 13.0 Å². The fourth-order valence-electron chi connectivity index (χ4n) is 4.11. The molecule has 4 N–H and O–H groups in total. The topological polar surface area (TPSA) is 136 Å². The zero-order chi connectivity index (χ0) is 25.9. The van der Waals surface area contributed by atoms with Crippen LogP contribution >= 0.6 is 0 Å². The summed E-state index contributed by atoms with van der Waals surface area (Å²) < 4.78 is 1.58. The molecule has 190 valence electrons. The van der Waals surface area contributed by atoms with Crippen LogP contribution in [0.2, 0.25) is 0 Å². The van der Waals surface area contributed by atoms with E-state index in [9.17, 15) is 9.90 Å². The van der Waals surface area contributed by atoms with Gasteiger partial charge in [0.15, 0.2) is 5.65 Å². The molecular weight excluding hydrogens is 468 g/mol. The van der Waals surface area contributed by atoms with Crippen molar-refractivity contribution in [2.75, 3.05) is 11.9 Å². The molecular formula is C27H30N8O2. The maximum Gasteiger partial charge on any atom is 0.326 e. The highest BCUT2D eigenvalue weighted by molar-refractivity contribution is 5.57. The van der Waals surface area contributed by atoms with Gasteiger partial charge in [0.25, 0.3) is 5.62 Å². The Bertz CT molecular complexity index is 1630. The van der Waals surface area contributed by atoms with Gasteiger partial charge in [-0.1, -0.05) is 61.6 Å². The molecule has 10 heteroatoms. The first-order valence-electron chi connectivity index (χ1n) is 12.3. The van der Waals surface area contributed by atoms with Crippen LogP contribution in [0.1, 0.15) is 32.4 Å². The third-order valence-electron chi connectivity index (χ3n) is 6.21. The number of rotatable bonds is 8. The second kappa shape index (κ2) is 10.3. The van der Waals surface area contributed by atoms with Crippen LogP contribution in [-0.2, 0) is 0 Å². The number of allylic oxidation sites excluding steroid dienone is 8. The van der Waals surface area contributed by atoms with Crippen LogP contribution in [0.4, 0.5) is 5.95 Å². The maximum atomic E-state index is 11.5. The van der Waals surface area contributed by atoms with Crippen LogP contribution in [0, 0.1) is 11.8 Å². The standard InChI is InChI=1S/C27H30N8O2/c1-16(2)8-9-18(21-7-5-4-6-17(21)3)12-13-28-25-32-23-19(14-22-24(36)33-27(37)31-22)15-29-35(23)26(34-25)30-20-10-11-20/h4-9,12,14-15,17,20-21,36H,1,10-11,13H2,2-3H3,(H,28,30,34)(H2,31,33,37). The summed E-state index contributed by atoms with van der Waals surface area (Å²) in [5, 5.41) is 18.3. The molecule has 3 aromatic heterocycles. The number of hydrogen-bond acceptors (Lipinski definition) is 7. The van der Waals surface area contributed by atoms with Gasteiger partial charge in [-0.15, -0.1) is 0 Å². The molecule has 37 heavy (non-hydrogen) atoms. The molecule has 1 saturated carbocycles. The first-order valence-corrected chi connectivity index (χ1v) is 12.3. The Morgan fingerprint density at radius 3 is 2.78 bits per heavy atom. The molecule has 0 bridgehead atoms. The van der Waals surface area contributed by atoms with Gasteiger partial charge in [-0.3, -0.25) is 4.98 Å². The molecule has 1 fully saturated rings. The number of aromatic hydroxyl groups is 1. The predicted molar refractivity (Wildman–Crippen MR) is 143 cm³/mol. The van der Waals surface area contributed by atoms with E-state index >= 15 is 0 Å². The van der Waals surface area contributed by atoms with Crippen molar-refractivity contribution in [1.29, 1.82) is 0 Å². The molecule has 0 amide bonds. The number of hydrogen-bond donors (Lipinski definition) is 4. The number of aromatic amines is 2. The highest BCUT2D eigenvalue weighted by Crippen LogP contribution is 2.27. The smallest absolute Gasteiger partial charge is 0.326 e. The van der Waals surface area contributed by atoms with Crippen LogP contribution in [0.5, 0.6) is 5.88 Å². The molecule has 5 rings (SSSR count). The minimum absolute atomic E-state index is 0.235. The summed E-state index contributed by atoms with van der Waals surface area (Å²) in [5.41, 5.74) is 2.89. The molecule has 0 spiro atoms. The van der Waals surface area contributed by atoms with Gasteiger partial charge in [-0.05, 0) is 37.3 Å². The van der Waals surface area contributed by atoms with E-state index < -0.39 is 5.69 Å². The van der Waals surface area contributed by atoms with Crippen molar-refractivity contribution >= 4 is 17.7 Å². The lowest BCUT2D eigenvalue weighted by molar-refractivity contribution is 0.454. The molecule has 0 saturated heterocycles. The first kappa shape index (κ1) is 24.2. The third-order valence-corrected chi connectivity index (χ3v) is 6.21. The molecule has 2 unspecified atom stereocenters. The first-order chi connectivity index (χ1) is 17.9. The summed E-state index contributed by atoms with van der Waals surface area (Å²) in [4.78, 5) is 30.4. The summed E-state index contributed by atoms with van der Waals surface area (Å²) in [6.45, 7) is 8.67. The van der Waals surface area contributed by atoms with Crippen LogP contribution in [0.3, 0.4) is 0 Å². The Morgan fingerprint density at radius 2 is 2.08 bits per heavy atom. The summed E-state index contributed by atoms with van der Waals surface area (Å²) in [6, 6.07) is 0.235. The van der Waals surface area contributed by atoms with Crippen molar-refractivity contribution in [1.82, 2.24) is 29.5 Å². The van der Waals surface area contributed by atoms with Gasteiger partial charge in [-0.25, -0.2) is 9.79 Å². The average molecular weight is 499 g/mol. The second-order valence-corrected chi connectivity index (χ2v) is 9.45. The molecule has 2 aliphatic rings. The molecule has 2 aliphatic carbocycles. The van der Waals surface area contributed by atoms with E-state index in [4.69, 9.17) is 4.99 Å². The van der Waals surface area contributed by atoms with Gasteiger partial charge in [-0.2, -0.15) is 19.6 Å². The summed E-state index contributed by atoms with van der Waals surface area (Å²) >= 11 is 0. The van der Waals surface area contributed by atoms with Crippen molar-refractivity contribution in [3.63, 3.8) is 0 Å². The lowest BCUT2D eigenvalue weighted by atomic mass is 9.83. The van der Waals surface area contributed by atoms with Gasteiger partial charge in [0.1, 0.15) is 5.69 Å². The predicted octanol–water partition coefficient (Wildman–Crippen LogP) is 2.31. The molecule has 10 nitrogen and oxygen atoms in total. The number of anilines is 1. The van der Waals surface area contributed by atoms with E-state index in [1.165, 1.54) is 5.57 Å². The zero-order valence-corrected chi connectivity index (χ0v) is 20.8. The molecule has 0 aliphatic heterocycles. The van der Waals surface area contributed by atoms with E-state index in [-0.39, 0.29) is 23.5 Å². The van der Waals surface area contributed by atoms with Gasteiger partial charge in [0.2, 0.25) is 11.8 Å². The number of H-pyrrole nitrogens is 2. The van der Waals surface area contributed by atoms with Crippen molar-refractivity contribution in [2.24, 2.45) is 16.8 Å². The highest BCUT2D eigenvalue weighted by Gasteiger charge is 2.21. The number of fused-ring (bicyclic) bond motifs is 1. The number of nitrogens with zero attached hydrogens (tertiary/aromatic N) is 5. The van der Waals surface area contributed by atoms with Crippen molar-refractivity contribution < 1.29 is 5.11 Å². The van der Waals surface area contributed by atoms with E-state index in [1.54, 1.807) is 16.8 Å². The van der Waals surface area contributed by atoms with E-state index in [0.29, 0.717) is 34.9 Å². The molecule has 0 aromatic carbocycles. The Hall–Kier alpha value is -4.47. The van der Waals surface area contributed by atoms with Gasteiger partial charge in [0, 0.05) is 17.7 Å². The number of nitrogens with one attached hydrogen (secondary N) is 3. The van der Waals surface area contributed by atoms with E-state index in [2.05, 4.69) is 80.3 Å². The van der Waals surface area contributed by atoms with Crippen molar-refractivity contribution in [2.45, 2.75) is 32.7 Å². The molecule has 2 atom stereocenters. The Kier molecular flexibility index (Phi) is 6.72. The quantitative estimate of drug-likeness (QED) is 0.352. The largest absolute Gasteiger partial charge is 0.493 e. The van der Waals surface area contributed by atoms with Crippen LogP contribution in [0.15, 0.2) is 76.2 Å². The normalized spacial score (nSPS) is 21.0. The van der Waals surface area contributed by atoms with Gasteiger partial charge in [0.05, 0.1) is 12.2 Å². The summed E-state index contributed by atoms with van der Waals surface area (Å²) in [6.07, 6.45) is 20.1. The van der Waals surface area contributed by atoms with E-state index in [0.717, 1.165) is 18.4 Å². The highest BCUT2D eigenvalue weighted by atomic mass is 16.3. The zero-order valence-electron chi connectivity index (χ0n) is 20.8.